The SMILES string of the molecule is CC(C)CC(C)CNC(=O)C(C1CCCCC1)C1(c2ccc(Cl)cc2)Nc2cc(F)c(Cl)cc2N1. The normalized spacial score (nSPS) is 21.7. The molecule has 2 aromatic rings. The van der Waals surface area contributed by atoms with Crippen LogP contribution in [0.25, 0.3) is 0 Å². The molecule has 4 nitrogen and oxygen atoms in total. The standard InChI is InChI=1S/C28H36Cl2FN3O/c1-17(2)13-18(3)16-32-27(35)26(19-7-5-4-6-8-19)28(20-9-11-21(29)12-10-20)33-24-14-22(30)23(31)15-25(24)34-28/h9-12,14-15,17-19,26,33-34H,4-8,13,16H2,1-3H3,(H,32,35). The van der Waals surface area contributed by atoms with Gasteiger partial charge in [0.25, 0.3) is 0 Å². The van der Waals surface area contributed by atoms with Gasteiger partial charge in [0.1, 0.15) is 11.5 Å². The lowest BCUT2D eigenvalue weighted by molar-refractivity contribution is -0.129. The molecule has 0 aromatic heterocycles. The molecule has 1 fully saturated rings. The second-order valence-electron chi connectivity index (χ2n) is 10.7. The summed E-state index contributed by atoms with van der Waals surface area (Å²) in [4.78, 5) is 14.0. The van der Waals surface area contributed by atoms with Gasteiger partial charge in [-0.15, -0.1) is 0 Å². The Labute approximate surface area is 218 Å². The molecule has 7 heteroatoms. The molecule has 1 aliphatic carbocycles. The first kappa shape index (κ1) is 26.1. The van der Waals surface area contributed by atoms with Crippen LogP contribution in [0, 0.1) is 29.5 Å². The van der Waals surface area contributed by atoms with Crippen LogP contribution in [0.3, 0.4) is 0 Å². The van der Waals surface area contributed by atoms with E-state index >= 15 is 0 Å². The van der Waals surface area contributed by atoms with Crippen molar-refractivity contribution in [2.24, 2.45) is 23.7 Å². The molecule has 0 saturated heterocycles. The summed E-state index contributed by atoms with van der Waals surface area (Å²) in [6.45, 7) is 7.21. The molecule has 1 heterocycles. The second-order valence-corrected chi connectivity index (χ2v) is 11.6. The number of fused-ring (bicyclic) bond motifs is 1. The van der Waals surface area contributed by atoms with Gasteiger partial charge in [-0.2, -0.15) is 0 Å². The molecule has 3 N–H and O–H groups in total. The number of halogens is 3. The van der Waals surface area contributed by atoms with Crippen LogP contribution in [0.5, 0.6) is 0 Å². The summed E-state index contributed by atoms with van der Waals surface area (Å²) in [5.74, 6) is 0.240. The van der Waals surface area contributed by atoms with E-state index in [4.69, 9.17) is 23.2 Å². The van der Waals surface area contributed by atoms with Gasteiger partial charge in [0.15, 0.2) is 0 Å². The fraction of sp³-hybridized carbons (Fsp3) is 0.536. The molecule has 4 rings (SSSR count). The molecule has 1 aliphatic heterocycles. The minimum atomic E-state index is -0.947. The summed E-state index contributed by atoms with van der Waals surface area (Å²) in [6, 6.07) is 10.5. The van der Waals surface area contributed by atoms with Gasteiger partial charge in [0, 0.05) is 17.6 Å². The molecule has 1 saturated carbocycles. The minimum absolute atomic E-state index is 0.0156. The largest absolute Gasteiger partial charge is 0.357 e. The zero-order valence-corrected chi connectivity index (χ0v) is 22.3. The number of carbonyl (C=O) groups excluding carboxylic acids is 1. The lowest BCUT2D eigenvalue weighted by Gasteiger charge is -2.43. The number of hydrogen-bond acceptors (Lipinski definition) is 3. The molecule has 1 amide bonds. The predicted octanol–water partition coefficient (Wildman–Crippen LogP) is 7.82. The Hall–Kier alpha value is -1.98. The summed E-state index contributed by atoms with van der Waals surface area (Å²) in [7, 11) is 0. The summed E-state index contributed by atoms with van der Waals surface area (Å²) >= 11 is 12.4. The first-order valence-corrected chi connectivity index (χ1v) is 13.5. The molecule has 35 heavy (non-hydrogen) atoms. The highest BCUT2D eigenvalue weighted by atomic mass is 35.5. The highest BCUT2D eigenvalue weighted by Gasteiger charge is 2.52. The van der Waals surface area contributed by atoms with Crippen LogP contribution in [0.2, 0.25) is 10.0 Å². The quantitative estimate of drug-likeness (QED) is 0.333. The topological polar surface area (TPSA) is 53.2 Å². The van der Waals surface area contributed by atoms with Crippen LogP contribution in [-0.4, -0.2) is 12.5 Å². The van der Waals surface area contributed by atoms with Crippen molar-refractivity contribution < 1.29 is 9.18 Å². The van der Waals surface area contributed by atoms with E-state index in [2.05, 4.69) is 36.7 Å². The second kappa shape index (κ2) is 11.0. The minimum Gasteiger partial charge on any atom is -0.357 e. The van der Waals surface area contributed by atoms with Crippen molar-refractivity contribution in [2.75, 3.05) is 17.2 Å². The van der Waals surface area contributed by atoms with Crippen molar-refractivity contribution in [3.05, 3.63) is 57.8 Å². The average Bonchev–Trinajstić information content (AvgIpc) is 3.17. The average molecular weight is 521 g/mol. The number of hydrogen-bond donors (Lipinski definition) is 3. The summed E-state index contributed by atoms with van der Waals surface area (Å²) in [5, 5.41) is 11.1. The Morgan fingerprint density at radius 1 is 1.06 bits per heavy atom. The number of benzene rings is 2. The van der Waals surface area contributed by atoms with E-state index < -0.39 is 17.4 Å². The highest BCUT2D eigenvalue weighted by molar-refractivity contribution is 6.31. The first-order chi connectivity index (χ1) is 16.7. The van der Waals surface area contributed by atoms with E-state index in [9.17, 15) is 9.18 Å². The molecule has 0 spiro atoms. The third kappa shape index (κ3) is 5.72. The molecule has 0 bridgehead atoms. The van der Waals surface area contributed by atoms with Crippen LogP contribution >= 0.6 is 23.2 Å². The van der Waals surface area contributed by atoms with Gasteiger partial charge in [-0.1, -0.05) is 75.4 Å². The number of rotatable bonds is 8. The van der Waals surface area contributed by atoms with E-state index in [1.54, 1.807) is 6.07 Å². The maximum Gasteiger partial charge on any atom is 0.228 e. The Kier molecular flexibility index (Phi) is 8.17. The zero-order valence-electron chi connectivity index (χ0n) is 20.8. The van der Waals surface area contributed by atoms with Gasteiger partial charge in [-0.25, -0.2) is 4.39 Å². The van der Waals surface area contributed by atoms with Crippen LogP contribution < -0.4 is 16.0 Å². The van der Waals surface area contributed by atoms with Crippen LogP contribution in [0.1, 0.15) is 64.9 Å². The van der Waals surface area contributed by atoms with Crippen LogP contribution in [-0.2, 0) is 10.5 Å². The molecule has 3 unspecified atom stereocenters. The number of amides is 1. The van der Waals surface area contributed by atoms with Crippen molar-refractivity contribution >= 4 is 40.5 Å². The van der Waals surface area contributed by atoms with Crippen molar-refractivity contribution in [3.63, 3.8) is 0 Å². The fourth-order valence-electron chi connectivity index (χ4n) is 5.91. The first-order valence-electron chi connectivity index (χ1n) is 12.8. The number of anilines is 2. The van der Waals surface area contributed by atoms with Gasteiger partial charge in [-0.05, 0) is 60.8 Å². The lowest BCUT2D eigenvalue weighted by atomic mass is 9.71. The Morgan fingerprint density at radius 3 is 2.31 bits per heavy atom. The third-order valence-corrected chi connectivity index (χ3v) is 7.93. The molecule has 2 aromatic carbocycles. The van der Waals surface area contributed by atoms with E-state index in [0.717, 1.165) is 37.7 Å². The zero-order chi connectivity index (χ0) is 25.2. The summed E-state index contributed by atoms with van der Waals surface area (Å²) < 4.78 is 14.4. The van der Waals surface area contributed by atoms with Gasteiger partial charge >= 0.3 is 0 Å². The van der Waals surface area contributed by atoms with Gasteiger partial charge in [0.05, 0.1) is 22.3 Å². The molecule has 3 atom stereocenters. The molecule has 0 radical (unpaired) electrons. The highest BCUT2D eigenvalue weighted by Crippen LogP contribution is 2.49. The lowest BCUT2D eigenvalue weighted by Crippen LogP contribution is -2.55. The van der Waals surface area contributed by atoms with Gasteiger partial charge in [0.2, 0.25) is 5.91 Å². The van der Waals surface area contributed by atoms with Crippen molar-refractivity contribution in [1.82, 2.24) is 5.32 Å². The molecular formula is C28H36Cl2FN3O. The fourth-order valence-corrected chi connectivity index (χ4v) is 6.20. The van der Waals surface area contributed by atoms with Crippen molar-refractivity contribution in [2.45, 2.75) is 65.0 Å². The summed E-state index contributed by atoms with van der Waals surface area (Å²) in [6.07, 6.45) is 6.39. The smallest absolute Gasteiger partial charge is 0.228 e. The molecule has 2 aliphatic rings. The van der Waals surface area contributed by atoms with Crippen molar-refractivity contribution in [1.29, 1.82) is 0 Å². The maximum absolute atomic E-state index is 14.4. The van der Waals surface area contributed by atoms with Gasteiger partial charge < -0.3 is 16.0 Å². The van der Waals surface area contributed by atoms with Crippen LogP contribution in [0.15, 0.2) is 36.4 Å². The number of carbonyl (C=O) groups is 1. The monoisotopic (exact) mass is 519 g/mol. The van der Waals surface area contributed by atoms with Crippen LogP contribution in [0.4, 0.5) is 15.8 Å². The summed E-state index contributed by atoms with van der Waals surface area (Å²) in [5.41, 5.74) is 1.23. The Balaban J connectivity index is 1.75. The van der Waals surface area contributed by atoms with E-state index in [1.807, 2.05) is 24.3 Å². The molecular weight excluding hydrogens is 484 g/mol. The predicted molar refractivity (Wildman–Crippen MR) is 143 cm³/mol. The maximum atomic E-state index is 14.4. The Morgan fingerprint density at radius 2 is 1.69 bits per heavy atom. The van der Waals surface area contributed by atoms with E-state index in [1.165, 1.54) is 12.5 Å². The van der Waals surface area contributed by atoms with E-state index in [-0.39, 0.29) is 16.8 Å². The number of nitrogens with one attached hydrogen (secondary N) is 3. The van der Waals surface area contributed by atoms with E-state index in [0.29, 0.717) is 34.8 Å². The molecule has 190 valence electrons. The third-order valence-electron chi connectivity index (χ3n) is 7.39. The van der Waals surface area contributed by atoms with Gasteiger partial charge in [-0.3, -0.25) is 4.79 Å². The Bertz CT molecular complexity index is 1010. The van der Waals surface area contributed by atoms with Crippen molar-refractivity contribution in [3.8, 4) is 0 Å².